The molecule has 1 unspecified atom stereocenters. The lowest BCUT2D eigenvalue weighted by molar-refractivity contribution is 0.0867. The van der Waals surface area contributed by atoms with Gasteiger partial charge in [-0.05, 0) is 31.5 Å². The molecule has 0 aliphatic carbocycles. The van der Waals surface area contributed by atoms with Crippen LogP contribution in [0.4, 0.5) is 0 Å². The summed E-state index contributed by atoms with van der Waals surface area (Å²) in [4.78, 5) is 0. The third-order valence-corrected chi connectivity index (χ3v) is 2.76. The Morgan fingerprint density at radius 2 is 2.12 bits per heavy atom. The molecule has 3 nitrogen and oxygen atoms in total. The Hall–Kier alpha value is -1.24. The van der Waals surface area contributed by atoms with Gasteiger partial charge in [0.1, 0.15) is 5.75 Å². The van der Waals surface area contributed by atoms with Gasteiger partial charge in [-0.2, -0.15) is 5.26 Å². The average Bonchev–Trinajstić information content (AvgIpc) is 2.27. The minimum absolute atomic E-state index is 0.424. The molecule has 0 saturated heterocycles. The molecule has 0 aliphatic rings. The Morgan fingerprint density at radius 3 is 2.56 bits per heavy atom. The van der Waals surface area contributed by atoms with E-state index >= 15 is 0 Å². The second-order valence-electron chi connectivity index (χ2n) is 4.13. The monoisotopic (exact) mass is 239 g/mol. The normalized spacial score (nSPS) is 13.0. The van der Waals surface area contributed by atoms with E-state index in [1.54, 1.807) is 32.0 Å². The number of benzene rings is 1. The number of hydrogen-bond donors (Lipinski definition) is 1. The van der Waals surface area contributed by atoms with Gasteiger partial charge in [0.05, 0.1) is 29.7 Å². The van der Waals surface area contributed by atoms with E-state index in [-0.39, 0.29) is 0 Å². The van der Waals surface area contributed by atoms with Crippen molar-refractivity contribution in [3.63, 3.8) is 0 Å². The number of rotatable bonds is 3. The molecule has 0 heterocycles. The lowest BCUT2D eigenvalue weighted by Gasteiger charge is -2.23. The van der Waals surface area contributed by atoms with Gasteiger partial charge >= 0.3 is 0 Å². The third-order valence-electron chi connectivity index (χ3n) is 2.46. The van der Waals surface area contributed by atoms with Crippen LogP contribution in [0.2, 0.25) is 5.02 Å². The summed E-state index contributed by atoms with van der Waals surface area (Å²) in [7, 11) is 1.52. The van der Waals surface area contributed by atoms with E-state index in [9.17, 15) is 5.11 Å². The number of methoxy groups -OCH3 is 1. The van der Waals surface area contributed by atoms with Crippen molar-refractivity contribution in [1.82, 2.24) is 0 Å². The van der Waals surface area contributed by atoms with Gasteiger partial charge in [0.25, 0.3) is 0 Å². The Morgan fingerprint density at radius 1 is 1.50 bits per heavy atom. The van der Waals surface area contributed by atoms with Crippen LogP contribution >= 0.6 is 11.6 Å². The molecule has 0 saturated carbocycles. The maximum absolute atomic E-state index is 10.0. The van der Waals surface area contributed by atoms with Crippen molar-refractivity contribution in [3.05, 3.63) is 28.8 Å². The van der Waals surface area contributed by atoms with Crippen LogP contribution in [0.5, 0.6) is 5.75 Å². The predicted octanol–water partition coefficient (Wildman–Crippen LogP) is 2.93. The van der Waals surface area contributed by atoms with Crippen LogP contribution in [0, 0.1) is 16.7 Å². The molecule has 86 valence electrons. The number of aliphatic hydroxyl groups is 1. The first kappa shape index (κ1) is 12.8. The SMILES string of the molecule is COc1ccc(C(O)C(C)(C)C#N)cc1Cl. The molecule has 0 radical (unpaired) electrons. The van der Waals surface area contributed by atoms with E-state index < -0.39 is 11.5 Å². The van der Waals surface area contributed by atoms with E-state index in [1.807, 2.05) is 0 Å². The van der Waals surface area contributed by atoms with Crippen LogP contribution in [-0.2, 0) is 0 Å². The highest BCUT2D eigenvalue weighted by molar-refractivity contribution is 6.32. The molecule has 1 N–H and O–H groups in total. The maximum atomic E-state index is 10.0. The standard InChI is InChI=1S/C12H14ClNO2/c1-12(2,7-14)11(15)8-4-5-10(16-3)9(13)6-8/h4-6,11,15H,1-3H3. The maximum Gasteiger partial charge on any atom is 0.137 e. The molecule has 4 heteroatoms. The number of ether oxygens (including phenoxy) is 1. The molecule has 1 rings (SSSR count). The summed E-state index contributed by atoms with van der Waals surface area (Å²) in [5, 5.41) is 19.4. The highest BCUT2D eigenvalue weighted by Gasteiger charge is 2.29. The highest BCUT2D eigenvalue weighted by atomic mass is 35.5. The van der Waals surface area contributed by atoms with Crippen molar-refractivity contribution in [3.8, 4) is 11.8 Å². The van der Waals surface area contributed by atoms with Gasteiger partial charge < -0.3 is 9.84 Å². The van der Waals surface area contributed by atoms with E-state index in [0.717, 1.165) is 0 Å². The third kappa shape index (κ3) is 2.46. The average molecular weight is 240 g/mol. The molecule has 0 amide bonds. The molecule has 0 fully saturated rings. The van der Waals surface area contributed by atoms with Crippen LogP contribution in [0.15, 0.2) is 18.2 Å². The predicted molar refractivity (Wildman–Crippen MR) is 62.4 cm³/mol. The summed E-state index contributed by atoms with van der Waals surface area (Å²) in [6.07, 6.45) is -0.874. The zero-order chi connectivity index (χ0) is 12.3. The van der Waals surface area contributed by atoms with E-state index in [1.165, 1.54) is 7.11 Å². The molecule has 1 atom stereocenters. The lowest BCUT2D eigenvalue weighted by Crippen LogP contribution is -2.19. The zero-order valence-electron chi connectivity index (χ0n) is 9.49. The Balaban J connectivity index is 3.08. The summed E-state index contributed by atoms with van der Waals surface area (Å²) in [6.45, 7) is 3.35. The fraction of sp³-hybridized carbons (Fsp3) is 0.417. The summed E-state index contributed by atoms with van der Waals surface area (Å²) in [5.74, 6) is 0.549. The van der Waals surface area contributed by atoms with Crippen molar-refractivity contribution in [2.75, 3.05) is 7.11 Å². The topological polar surface area (TPSA) is 53.2 Å². The number of halogens is 1. The smallest absolute Gasteiger partial charge is 0.137 e. The van der Waals surface area contributed by atoms with Gasteiger partial charge in [0.2, 0.25) is 0 Å². The Labute approximate surface area is 100 Å². The van der Waals surface area contributed by atoms with Crippen molar-refractivity contribution in [1.29, 1.82) is 5.26 Å². The first-order valence-electron chi connectivity index (χ1n) is 4.85. The van der Waals surface area contributed by atoms with Gasteiger partial charge in [-0.3, -0.25) is 0 Å². The summed E-state index contributed by atoms with van der Waals surface area (Å²) in [6, 6.07) is 7.06. The van der Waals surface area contributed by atoms with Crippen LogP contribution in [0.25, 0.3) is 0 Å². The van der Waals surface area contributed by atoms with E-state index in [0.29, 0.717) is 16.3 Å². The minimum atomic E-state index is -0.874. The van der Waals surface area contributed by atoms with Crippen LogP contribution in [0.1, 0.15) is 25.5 Å². The lowest BCUT2D eigenvalue weighted by atomic mass is 9.84. The number of nitrogens with zero attached hydrogens (tertiary/aromatic N) is 1. The van der Waals surface area contributed by atoms with Gasteiger partial charge in [0.15, 0.2) is 0 Å². The van der Waals surface area contributed by atoms with Gasteiger partial charge in [-0.25, -0.2) is 0 Å². The highest BCUT2D eigenvalue weighted by Crippen LogP contribution is 2.35. The largest absolute Gasteiger partial charge is 0.495 e. The van der Waals surface area contributed by atoms with Crippen LogP contribution in [0.3, 0.4) is 0 Å². The van der Waals surface area contributed by atoms with Crippen molar-refractivity contribution in [2.24, 2.45) is 5.41 Å². The van der Waals surface area contributed by atoms with Crippen LogP contribution in [-0.4, -0.2) is 12.2 Å². The quantitative estimate of drug-likeness (QED) is 0.882. The summed E-state index contributed by atoms with van der Waals surface area (Å²) >= 11 is 5.95. The van der Waals surface area contributed by atoms with Crippen molar-refractivity contribution in [2.45, 2.75) is 20.0 Å². The number of nitriles is 1. The summed E-state index contributed by atoms with van der Waals surface area (Å²) in [5.41, 5.74) is -0.241. The fourth-order valence-electron chi connectivity index (χ4n) is 1.33. The van der Waals surface area contributed by atoms with E-state index in [4.69, 9.17) is 21.6 Å². The Kier molecular flexibility index (Phi) is 3.79. The minimum Gasteiger partial charge on any atom is -0.495 e. The second-order valence-corrected chi connectivity index (χ2v) is 4.54. The van der Waals surface area contributed by atoms with Gasteiger partial charge in [-0.15, -0.1) is 0 Å². The first-order valence-corrected chi connectivity index (χ1v) is 5.23. The molecule has 1 aromatic rings. The van der Waals surface area contributed by atoms with Crippen LogP contribution < -0.4 is 4.74 Å². The van der Waals surface area contributed by atoms with Gasteiger partial charge in [-0.1, -0.05) is 17.7 Å². The number of hydrogen-bond acceptors (Lipinski definition) is 3. The molecule has 0 spiro atoms. The van der Waals surface area contributed by atoms with E-state index in [2.05, 4.69) is 6.07 Å². The first-order chi connectivity index (χ1) is 7.42. The van der Waals surface area contributed by atoms with Crippen molar-refractivity contribution >= 4 is 11.6 Å². The molecule has 16 heavy (non-hydrogen) atoms. The second kappa shape index (κ2) is 4.73. The zero-order valence-corrected chi connectivity index (χ0v) is 10.2. The molecular weight excluding hydrogens is 226 g/mol. The summed E-state index contributed by atoms with van der Waals surface area (Å²) < 4.78 is 5.01. The number of aliphatic hydroxyl groups excluding tert-OH is 1. The van der Waals surface area contributed by atoms with Crippen molar-refractivity contribution < 1.29 is 9.84 Å². The fourth-order valence-corrected chi connectivity index (χ4v) is 1.60. The molecule has 0 aromatic heterocycles. The van der Waals surface area contributed by atoms with Gasteiger partial charge in [0, 0.05) is 0 Å². The molecular formula is C12H14ClNO2. The molecule has 0 aliphatic heterocycles. The molecule has 0 bridgehead atoms. The molecule has 1 aromatic carbocycles. The Bertz CT molecular complexity index is 424.